The first-order chi connectivity index (χ1) is 12.2. The van der Waals surface area contributed by atoms with Crippen LogP contribution in [0.2, 0.25) is 0 Å². The van der Waals surface area contributed by atoms with Crippen molar-refractivity contribution in [1.29, 1.82) is 0 Å². The topological polar surface area (TPSA) is 24.9 Å². The molecule has 2 aliphatic rings. The van der Waals surface area contributed by atoms with Crippen molar-refractivity contribution in [2.24, 2.45) is 5.92 Å². The second-order valence-corrected chi connectivity index (χ2v) is 8.99. The van der Waals surface area contributed by atoms with Crippen LogP contribution in [0.1, 0.15) is 35.4 Å². The average Bonchev–Trinajstić information content (AvgIpc) is 3.26. The van der Waals surface area contributed by atoms with Gasteiger partial charge in [-0.2, -0.15) is 0 Å². The number of likely N-dealkylation sites (tertiary alicyclic amines) is 1. The normalized spacial score (nSPS) is 22.9. The monoisotopic (exact) mass is 366 g/mol. The molecule has 1 atom stereocenters. The van der Waals surface area contributed by atoms with E-state index in [2.05, 4.69) is 28.9 Å². The summed E-state index contributed by atoms with van der Waals surface area (Å²) in [6.45, 7) is 10.9. The minimum absolute atomic E-state index is 0.447. The molecule has 3 heterocycles. The van der Waals surface area contributed by atoms with E-state index < -0.39 is 0 Å². The number of nitrogens with zero attached hydrogens (tertiary/aromatic N) is 2. The lowest BCUT2D eigenvalue weighted by Crippen LogP contribution is -2.41. The minimum Gasteiger partial charge on any atom is -0.383 e. The summed E-state index contributed by atoms with van der Waals surface area (Å²) in [5, 5.41) is 0. The number of methoxy groups -OCH3 is 1. The third kappa shape index (κ3) is 6.33. The summed E-state index contributed by atoms with van der Waals surface area (Å²) in [4.78, 5) is 8.12. The molecule has 2 saturated heterocycles. The van der Waals surface area contributed by atoms with Gasteiger partial charge in [-0.1, -0.05) is 0 Å². The van der Waals surface area contributed by atoms with Gasteiger partial charge in [0.15, 0.2) is 0 Å². The van der Waals surface area contributed by atoms with Gasteiger partial charge >= 0.3 is 0 Å². The highest BCUT2D eigenvalue weighted by molar-refractivity contribution is 7.11. The smallest absolute Gasteiger partial charge is 0.0702 e. The molecule has 142 valence electrons. The molecule has 1 aromatic rings. The van der Waals surface area contributed by atoms with Crippen LogP contribution < -0.4 is 0 Å². The summed E-state index contributed by atoms with van der Waals surface area (Å²) >= 11 is 1.94. The Hall–Kier alpha value is -0.460. The lowest BCUT2D eigenvalue weighted by molar-refractivity contribution is 0.0555. The molecule has 25 heavy (non-hydrogen) atoms. The van der Waals surface area contributed by atoms with Crippen LogP contribution in [0.25, 0.3) is 0 Å². The second-order valence-electron chi connectivity index (χ2n) is 7.62. The van der Waals surface area contributed by atoms with Crippen molar-refractivity contribution in [2.45, 2.75) is 45.3 Å². The summed E-state index contributed by atoms with van der Waals surface area (Å²) in [6, 6.07) is 4.55. The standard InChI is InChI=1S/C20H34N2O2S/c1-17-5-6-20(25-17)16-22(15-19-4-3-12-24-19)14-18-7-9-21(10-8-18)11-13-23-2/h5-6,18-19H,3-4,7-16H2,1-2H3. The third-order valence-electron chi connectivity index (χ3n) is 5.50. The first-order valence-electron chi connectivity index (χ1n) is 9.83. The van der Waals surface area contributed by atoms with Crippen LogP contribution in [0, 0.1) is 12.8 Å². The molecular weight excluding hydrogens is 332 g/mol. The molecule has 1 unspecified atom stereocenters. The maximum Gasteiger partial charge on any atom is 0.0702 e. The molecule has 2 fully saturated rings. The number of piperidine rings is 1. The molecule has 0 radical (unpaired) electrons. The van der Waals surface area contributed by atoms with E-state index in [9.17, 15) is 0 Å². The highest BCUT2D eigenvalue weighted by Gasteiger charge is 2.24. The maximum atomic E-state index is 5.92. The Morgan fingerprint density at radius 3 is 2.72 bits per heavy atom. The van der Waals surface area contributed by atoms with E-state index in [0.717, 1.165) is 38.8 Å². The van der Waals surface area contributed by atoms with Crippen LogP contribution in [-0.4, -0.2) is 69.0 Å². The van der Waals surface area contributed by atoms with Crippen LogP contribution in [0.4, 0.5) is 0 Å². The molecular formula is C20H34N2O2S. The Labute approximate surface area is 157 Å². The average molecular weight is 367 g/mol. The number of aryl methyl sites for hydroxylation is 1. The number of hydrogen-bond acceptors (Lipinski definition) is 5. The molecule has 5 heteroatoms. The van der Waals surface area contributed by atoms with E-state index in [0.29, 0.717) is 6.10 Å². The number of hydrogen-bond donors (Lipinski definition) is 0. The van der Waals surface area contributed by atoms with Gasteiger partial charge in [0.25, 0.3) is 0 Å². The molecule has 2 aliphatic heterocycles. The summed E-state index contributed by atoms with van der Waals surface area (Å²) in [5.74, 6) is 0.821. The van der Waals surface area contributed by atoms with Gasteiger partial charge in [-0.3, -0.25) is 4.90 Å². The minimum atomic E-state index is 0.447. The molecule has 4 nitrogen and oxygen atoms in total. The van der Waals surface area contributed by atoms with Crippen molar-refractivity contribution in [3.05, 3.63) is 21.9 Å². The van der Waals surface area contributed by atoms with Gasteiger partial charge in [0, 0.05) is 49.6 Å². The number of thiophene rings is 1. The van der Waals surface area contributed by atoms with E-state index in [1.807, 2.05) is 11.3 Å². The van der Waals surface area contributed by atoms with Gasteiger partial charge in [0.05, 0.1) is 12.7 Å². The molecule has 0 spiro atoms. The van der Waals surface area contributed by atoms with Crippen molar-refractivity contribution in [1.82, 2.24) is 9.80 Å². The number of ether oxygens (including phenoxy) is 2. The lowest BCUT2D eigenvalue weighted by Gasteiger charge is -2.35. The fraction of sp³-hybridized carbons (Fsp3) is 0.800. The molecule has 3 rings (SSSR count). The highest BCUT2D eigenvalue weighted by Crippen LogP contribution is 2.23. The summed E-state index contributed by atoms with van der Waals surface area (Å²) in [5.41, 5.74) is 0. The molecule has 0 bridgehead atoms. The van der Waals surface area contributed by atoms with Gasteiger partial charge in [-0.05, 0) is 63.7 Å². The quantitative estimate of drug-likeness (QED) is 0.669. The Morgan fingerprint density at radius 2 is 2.08 bits per heavy atom. The van der Waals surface area contributed by atoms with Crippen molar-refractivity contribution in [2.75, 3.05) is 53.0 Å². The zero-order valence-electron chi connectivity index (χ0n) is 15.9. The van der Waals surface area contributed by atoms with Gasteiger partial charge < -0.3 is 14.4 Å². The van der Waals surface area contributed by atoms with Crippen LogP contribution >= 0.6 is 11.3 Å². The molecule has 0 aromatic carbocycles. The molecule has 1 aromatic heterocycles. The third-order valence-corrected chi connectivity index (χ3v) is 6.48. The fourth-order valence-electron chi connectivity index (χ4n) is 4.05. The zero-order valence-corrected chi connectivity index (χ0v) is 16.7. The highest BCUT2D eigenvalue weighted by atomic mass is 32.1. The van der Waals surface area contributed by atoms with Crippen molar-refractivity contribution in [3.63, 3.8) is 0 Å². The first kappa shape index (κ1) is 19.3. The van der Waals surface area contributed by atoms with Gasteiger partial charge in [-0.15, -0.1) is 11.3 Å². The number of rotatable bonds is 9. The summed E-state index contributed by atoms with van der Waals surface area (Å²) < 4.78 is 11.1. The predicted molar refractivity (Wildman–Crippen MR) is 104 cm³/mol. The summed E-state index contributed by atoms with van der Waals surface area (Å²) in [6.07, 6.45) is 5.54. The largest absolute Gasteiger partial charge is 0.383 e. The second kappa shape index (κ2) is 10.0. The molecule has 0 aliphatic carbocycles. The van der Waals surface area contributed by atoms with E-state index in [4.69, 9.17) is 9.47 Å². The Morgan fingerprint density at radius 1 is 1.24 bits per heavy atom. The van der Waals surface area contributed by atoms with Crippen molar-refractivity contribution in [3.8, 4) is 0 Å². The summed E-state index contributed by atoms with van der Waals surface area (Å²) in [7, 11) is 1.79. The van der Waals surface area contributed by atoms with E-state index >= 15 is 0 Å². The maximum absolute atomic E-state index is 5.92. The van der Waals surface area contributed by atoms with Crippen LogP contribution in [0.5, 0.6) is 0 Å². The Bertz CT molecular complexity index is 494. The SMILES string of the molecule is COCCN1CCC(CN(Cc2ccc(C)s2)CC2CCCO2)CC1. The van der Waals surface area contributed by atoms with Gasteiger partial charge in [0.2, 0.25) is 0 Å². The van der Waals surface area contributed by atoms with Gasteiger partial charge in [0.1, 0.15) is 0 Å². The lowest BCUT2D eigenvalue weighted by atomic mass is 9.96. The molecule has 0 N–H and O–H groups in total. The Balaban J connectivity index is 1.50. The van der Waals surface area contributed by atoms with Crippen molar-refractivity contribution < 1.29 is 9.47 Å². The predicted octanol–water partition coefficient (Wildman–Crippen LogP) is 3.40. The molecule has 0 amide bonds. The molecule has 0 saturated carbocycles. The zero-order chi connectivity index (χ0) is 17.5. The van der Waals surface area contributed by atoms with Crippen molar-refractivity contribution >= 4 is 11.3 Å². The van der Waals surface area contributed by atoms with E-state index in [-0.39, 0.29) is 0 Å². The van der Waals surface area contributed by atoms with Crippen LogP contribution in [-0.2, 0) is 16.0 Å². The Kier molecular flexibility index (Phi) is 7.74. The fourth-order valence-corrected chi connectivity index (χ4v) is 4.98. The van der Waals surface area contributed by atoms with E-state index in [1.54, 1.807) is 7.11 Å². The van der Waals surface area contributed by atoms with E-state index in [1.165, 1.54) is 55.1 Å². The van der Waals surface area contributed by atoms with Crippen LogP contribution in [0.15, 0.2) is 12.1 Å². The van der Waals surface area contributed by atoms with Gasteiger partial charge in [-0.25, -0.2) is 0 Å². The first-order valence-corrected chi connectivity index (χ1v) is 10.6. The van der Waals surface area contributed by atoms with Crippen LogP contribution in [0.3, 0.4) is 0 Å².